The average Bonchev–Trinajstić information content (AvgIpc) is 4.24. The molecule has 0 atom stereocenters. The second-order valence-corrected chi connectivity index (χ2v) is 17.2. The summed E-state index contributed by atoms with van der Waals surface area (Å²) in [6.07, 6.45) is 0. The Kier molecular flexibility index (Phi) is 29.1. The minimum Gasteiger partial charge on any atom is -0.644 e. The van der Waals surface area contributed by atoms with Crippen LogP contribution in [0.3, 0.4) is 0 Å². The van der Waals surface area contributed by atoms with E-state index in [9.17, 15) is 0 Å². The van der Waals surface area contributed by atoms with Crippen LogP contribution in [-0.2, 0) is 37.9 Å². The molecule has 0 fully saturated rings. The first-order valence-corrected chi connectivity index (χ1v) is 24.3. The van der Waals surface area contributed by atoms with E-state index >= 15 is 0 Å². The molecule has 0 amide bonds. The molecule has 7 aromatic rings. The smallest absolute Gasteiger partial charge is 0.134 e. The summed E-state index contributed by atoms with van der Waals surface area (Å²) in [5.41, 5.74) is 17.4. The zero-order valence-electron chi connectivity index (χ0n) is 46.2. The van der Waals surface area contributed by atoms with Crippen molar-refractivity contribution in [2.24, 2.45) is 0 Å². The zero-order valence-corrected chi connectivity index (χ0v) is 48.3. The van der Waals surface area contributed by atoms with Crippen LogP contribution in [0.15, 0.2) is 97.1 Å². The maximum absolute atomic E-state index is 5.52. The van der Waals surface area contributed by atoms with Gasteiger partial charge in [-0.15, -0.1) is 11.4 Å². The summed E-state index contributed by atoms with van der Waals surface area (Å²) in [7, 11) is 14.9. The van der Waals surface area contributed by atoms with Crippen molar-refractivity contribution in [2.75, 3.05) is 117 Å². The van der Waals surface area contributed by atoms with Crippen LogP contribution >= 0.6 is 0 Å². The van der Waals surface area contributed by atoms with E-state index in [-0.39, 0.29) is 38.6 Å². The molecule has 74 heavy (non-hydrogen) atoms. The first kappa shape index (κ1) is 63.4. The molecule has 1 radical (unpaired) electrons. The van der Waals surface area contributed by atoms with Gasteiger partial charge in [0.05, 0.1) is 76.7 Å². The first-order chi connectivity index (χ1) is 35.3. The van der Waals surface area contributed by atoms with Gasteiger partial charge in [0.15, 0.2) is 0 Å². The molecule has 0 unspecified atom stereocenters. The Morgan fingerprint density at radius 1 is 0.324 bits per heavy atom. The molecule has 0 N–H and O–H groups in total. The minimum atomic E-state index is 0. The van der Waals surface area contributed by atoms with Crippen molar-refractivity contribution in [3.05, 3.63) is 199 Å². The van der Waals surface area contributed by atoms with Crippen molar-refractivity contribution >= 4 is 0 Å². The van der Waals surface area contributed by atoms with Crippen LogP contribution in [0, 0.1) is 97.9 Å². The zero-order chi connectivity index (χ0) is 53.3. The normalized spacial score (nSPS) is 11.3. The molecule has 1 aliphatic rings. The molecule has 401 valence electrons. The maximum atomic E-state index is 5.52. The summed E-state index contributed by atoms with van der Waals surface area (Å²) in [6, 6.07) is 33.9. The van der Waals surface area contributed by atoms with Crippen molar-refractivity contribution in [1.29, 1.82) is 0 Å². The van der Waals surface area contributed by atoms with Gasteiger partial charge in [-0.25, -0.2) is 0 Å². The molecule has 8 bridgehead atoms. The fourth-order valence-electron chi connectivity index (χ4n) is 8.34. The summed E-state index contributed by atoms with van der Waals surface area (Å²) in [4.78, 5) is 21.2. The van der Waals surface area contributed by atoms with Crippen LogP contribution in [-0.4, -0.2) is 117 Å². The monoisotopic (exact) mass is 1160 g/mol. The van der Waals surface area contributed by atoms with Crippen LogP contribution in [0.5, 0.6) is 5.75 Å². The van der Waals surface area contributed by atoms with Gasteiger partial charge < -0.3 is 62.6 Å². The summed E-state index contributed by atoms with van der Waals surface area (Å²) in [5, 5.41) is 0. The molecule has 1 aliphatic heterocycles. The maximum Gasteiger partial charge on any atom is 0.134 e. The van der Waals surface area contributed by atoms with Gasteiger partial charge in [0.1, 0.15) is 5.75 Å². The van der Waals surface area contributed by atoms with Gasteiger partial charge in [-0.1, -0.05) is 11.4 Å². The van der Waals surface area contributed by atoms with E-state index in [1.807, 2.05) is 12.1 Å². The number of aromatic nitrogens is 4. The molecule has 4 aromatic heterocycles. The molecule has 14 heteroatoms. The van der Waals surface area contributed by atoms with E-state index in [0.29, 0.717) is 52.9 Å². The van der Waals surface area contributed by atoms with Crippen LogP contribution in [0.4, 0.5) is 0 Å². The van der Waals surface area contributed by atoms with Crippen molar-refractivity contribution in [3.63, 3.8) is 0 Å². The quantitative estimate of drug-likeness (QED) is 0.0671. The number of aryl methyl sites for hydroxylation is 6. The number of hydrogen-bond acceptors (Lipinski definition) is 9. The van der Waals surface area contributed by atoms with Crippen LogP contribution < -0.4 is 24.7 Å². The molecule has 0 spiro atoms. The third kappa shape index (κ3) is 18.2. The van der Waals surface area contributed by atoms with Crippen molar-refractivity contribution in [3.8, 4) is 17.1 Å². The predicted octanol–water partition coefficient (Wildman–Crippen LogP) is 9.53. The molecular weight excluding hydrogens is 1080 g/mol. The molecular formula is C60H77N4O9Tb-. The van der Waals surface area contributed by atoms with Gasteiger partial charge in [-0.2, -0.15) is 0 Å². The van der Waals surface area contributed by atoms with Gasteiger partial charge in [0, 0.05) is 184 Å². The van der Waals surface area contributed by atoms with E-state index in [4.69, 9.17) is 24.7 Å². The average molecular weight is 1160 g/mol. The predicted molar refractivity (Wildman–Crippen MR) is 289 cm³/mol. The molecule has 0 saturated heterocycles. The van der Waals surface area contributed by atoms with E-state index in [2.05, 4.69) is 164 Å². The molecule has 13 nitrogen and oxygen atoms in total. The Labute approximate surface area is 472 Å². The summed E-state index contributed by atoms with van der Waals surface area (Å²) >= 11 is 0. The minimum absolute atomic E-state index is 0. The largest absolute Gasteiger partial charge is 0.644 e. The topological polar surface area (TPSA) is 139 Å². The number of fused-ring (bicyclic) bond motifs is 9. The molecule has 0 aliphatic carbocycles. The van der Waals surface area contributed by atoms with E-state index < -0.39 is 0 Å². The van der Waals surface area contributed by atoms with E-state index in [1.54, 1.807) is 64.0 Å². The number of hydrogen-bond donors (Lipinski definition) is 0. The van der Waals surface area contributed by atoms with Crippen LogP contribution in [0.1, 0.15) is 84.2 Å². The second-order valence-electron chi connectivity index (χ2n) is 17.2. The van der Waals surface area contributed by atoms with E-state index in [1.165, 1.54) is 33.4 Å². The Morgan fingerprint density at radius 3 is 0.851 bits per heavy atom. The summed E-state index contributed by atoms with van der Waals surface area (Å²) in [6.45, 7) is 18.5. The Hall–Kier alpha value is -4.84. The third-order valence-electron chi connectivity index (χ3n) is 11.6. The molecule has 5 heterocycles. The summed E-state index contributed by atoms with van der Waals surface area (Å²) < 4.78 is 42.8. The Bertz CT molecular complexity index is 2400. The van der Waals surface area contributed by atoms with Gasteiger partial charge >= 0.3 is 0 Å². The van der Waals surface area contributed by atoms with Crippen LogP contribution in [0.2, 0.25) is 0 Å². The fraction of sp³-hybridized carbons (Fsp3) is 0.383. The fourth-order valence-corrected chi connectivity index (χ4v) is 8.34. The standard InChI is InChI=1S/C44H37N4O.4C4H10O2.Tb/c1-24-20-26(3)40(27(4)21-24)43-36-14-12-32(45-36)33-13-15-37(46-33)44(41-28(5)22-25(2)23-29(41)6)39-19-17-35(48-39)42(34-16-18-38(43)47-34)30-8-10-31(49-7)11-9-30;4*1-5-3-4-6-2;/h8-23H,1-7H3;4*3-4H2,1-2H3;/q-1;;;;;. The number of benzene rings is 3. The first-order valence-electron chi connectivity index (χ1n) is 24.3. The third-order valence-corrected chi connectivity index (χ3v) is 11.6. The molecule has 3 aromatic carbocycles. The SMILES string of the molecule is COCCOC.COCCOC.COCCOC.COCCOC.COc1ccc([C+]2c3ccc([n-]3)[C+](c3c(C)cc(C)cc3C)c3ccc([n-]3)-c3ccc([n-]3)[C+](c3c(C)cc(C)cc3C)c3ccc2[n-]3)cc1.[Tb]. The number of ether oxygens (including phenoxy) is 9. The van der Waals surface area contributed by atoms with Crippen molar-refractivity contribution in [2.45, 2.75) is 41.5 Å². The molecule has 8 rings (SSSR count). The number of nitrogens with zero attached hydrogens (tertiary/aromatic N) is 4. The summed E-state index contributed by atoms with van der Waals surface area (Å²) in [5.74, 6) is 3.78. The van der Waals surface area contributed by atoms with Gasteiger partial charge in [0.25, 0.3) is 0 Å². The van der Waals surface area contributed by atoms with Gasteiger partial charge in [-0.05, 0) is 124 Å². The van der Waals surface area contributed by atoms with E-state index in [0.717, 1.165) is 85.7 Å². The Morgan fingerprint density at radius 2 is 0.581 bits per heavy atom. The van der Waals surface area contributed by atoms with Crippen molar-refractivity contribution < 1.29 is 81.2 Å². The number of rotatable bonds is 16. The van der Waals surface area contributed by atoms with Crippen molar-refractivity contribution in [1.82, 2.24) is 19.9 Å². The van der Waals surface area contributed by atoms with Gasteiger partial charge in [-0.3, -0.25) is 0 Å². The van der Waals surface area contributed by atoms with Gasteiger partial charge in [0.2, 0.25) is 0 Å². The Balaban J connectivity index is 0.000000481. The second kappa shape index (κ2) is 33.9. The van der Waals surface area contributed by atoms with Crippen LogP contribution in [0.25, 0.3) is 11.4 Å². The number of methoxy groups -OCH3 is 9. The molecule has 0 saturated carbocycles.